The van der Waals surface area contributed by atoms with E-state index in [2.05, 4.69) is 17.4 Å². The molecule has 1 fully saturated rings. The van der Waals surface area contributed by atoms with Gasteiger partial charge in [0.15, 0.2) is 0 Å². The van der Waals surface area contributed by atoms with Gasteiger partial charge in [-0.2, -0.15) is 0 Å². The van der Waals surface area contributed by atoms with Crippen LogP contribution in [-0.2, 0) is 0 Å². The van der Waals surface area contributed by atoms with Crippen LogP contribution >= 0.6 is 0 Å². The second-order valence-corrected chi connectivity index (χ2v) is 4.81. The number of hydrogen-bond acceptors (Lipinski definition) is 2. The molecule has 1 unspecified atom stereocenters. The van der Waals surface area contributed by atoms with Crippen LogP contribution in [0.2, 0.25) is 0 Å². The summed E-state index contributed by atoms with van der Waals surface area (Å²) in [6.45, 7) is 2.00. The van der Waals surface area contributed by atoms with E-state index in [1.165, 1.54) is 31.2 Å². The molecule has 1 aliphatic carbocycles. The zero-order valence-electron chi connectivity index (χ0n) is 9.86. The van der Waals surface area contributed by atoms with Crippen LogP contribution in [0, 0.1) is 5.92 Å². The minimum Gasteiger partial charge on any atom is -0.323 e. The van der Waals surface area contributed by atoms with E-state index >= 15 is 0 Å². The van der Waals surface area contributed by atoms with Crippen molar-refractivity contribution in [2.45, 2.75) is 31.7 Å². The summed E-state index contributed by atoms with van der Waals surface area (Å²) >= 11 is 0. The topological polar surface area (TPSA) is 38.0 Å². The van der Waals surface area contributed by atoms with Gasteiger partial charge in [-0.25, -0.2) is 0 Å². The van der Waals surface area contributed by atoms with Crippen LogP contribution in [0.3, 0.4) is 0 Å². The largest absolute Gasteiger partial charge is 0.323 e. The average molecular weight is 218 g/mol. The summed E-state index contributed by atoms with van der Waals surface area (Å²) in [5.41, 5.74) is 7.32. The lowest BCUT2D eigenvalue weighted by Gasteiger charge is -2.25. The van der Waals surface area contributed by atoms with Crippen LogP contribution in [-0.4, -0.2) is 13.1 Å². The zero-order chi connectivity index (χ0) is 11.2. The quantitative estimate of drug-likeness (QED) is 0.720. The van der Waals surface area contributed by atoms with Crippen molar-refractivity contribution in [3.8, 4) is 0 Å². The van der Waals surface area contributed by atoms with Gasteiger partial charge in [-0.15, -0.1) is 0 Å². The molecule has 1 atom stereocenters. The first-order chi connectivity index (χ1) is 7.86. The van der Waals surface area contributed by atoms with Crippen molar-refractivity contribution in [1.29, 1.82) is 0 Å². The highest BCUT2D eigenvalue weighted by atomic mass is 14.9. The number of nitrogens with two attached hydrogens (primary N) is 1. The lowest BCUT2D eigenvalue weighted by molar-refractivity contribution is 0.291. The lowest BCUT2D eigenvalue weighted by atomic mass is 9.83. The Balaban J connectivity index is 1.62. The van der Waals surface area contributed by atoms with Gasteiger partial charge in [0.1, 0.15) is 0 Å². The maximum atomic E-state index is 6.10. The summed E-state index contributed by atoms with van der Waals surface area (Å²) in [4.78, 5) is 0. The maximum Gasteiger partial charge on any atom is 0.0421 e. The van der Waals surface area contributed by atoms with Crippen molar-refractivity contribution in [1.82, 2.24) is 5.32 Å². The lowest BCUT2D eigenvalue weighted by Crippen LogP contribution is -2.29. The van der Waals surface area contributed by atoms with E-state index in [4.69, 9.17) is 5.73 Å². The fraction of sp³-hybridized carbons (Fsp3) is 0.571. The van der Waals surface area contributed by atoms with Crippen molar-refractivity contribution in [2.24, 2.45) is 11.7 Å². The minimum atomic E-state index is 0.127. The van der Waals surface area contributed by atoms with Crippen LogP contribution in [0.1, 0.15) is 37.3 Å². The van der Waals surface area contributed by atoms with Gasteiger partial charge in [0.25, 0.3) is 0 Å². The fourth-order valence-electron chi connectivity index (χ4n) is 2.16. The molecule has 88 valence electrons. The molecule has 16 heavy (non-hydrogen) atoms. The average Bonchev–Trinajstić information content (AvgIpc) is 2.27. The normalized spacial score (nSPS) is 18.1. The molecule has 0 saturated heterocycles. The van der Waals surface area contributed by atoms with Crippen molar-refractivity contribution in [3.63, 3.8) is 0 Å². The van der Waals surface area contributed by atoms with E-state index in [0.717, 1.165) is 19.0 Å². The first-order valence-corrected chi connectivity index (χ1v) is 6.37. The van der Waals surface area contributed by atoms with Gasteiger partial charge < -0.3 is 11.1 Å². The molecule has 3 N–H and O–H groups in total. The van der Waals surface area contributed by atoms with Crippen molar-refractivity contribution in [3.05, 3.63) is 35.9 Å². The summed E-state index contributed by atoms with van der Waals surface area (Å²) in [7, 11) is 0. The first-order valence-electron chi connectivity index (χ1n) is 6.37. The second-order valence-electron chi connectivity index (χ2n) is 4.81. The Kier molecular flexibility index (Phi) is 4.37. The smallest absolute Gasteiger partial charge is 0.0421 e. The number of rotatable bonds is 6. The standard InChI is InChI=1S/C14H22N2/c15-14(13-7-2-1-3-8-13)11-16-10-9-12-5-4-6-12/h1-3,7-8,12,14,16H,4-6,9-11,15H2. The van der Waals surface area contributed by atoms with Crippen molar-refractivity contribution in [2.75, 3.05) is 13.1 Å². The molecule has 0 spiro atoms. The molecule has 2 rings (SSSR count). The predicted molar refractivity (Wildman–Crippen MR) is 68.2 cm³/mol. The molecule has 1 aromatic rings. The molecular formula is C14H22N2. The summed E-state index contributed by atoms with van der Waals surface area (Å²) in [6, 6.07) is 10.4. The van der Waals surface area contributed by atoms with Crippen molar-refractivity contribution >= 4 is 0 Å². The van der Waals surface area contributed by atoms with E-state index in [-0.39, 0.29) is 6.04 Å². The van der Waals surface area contributed by atoms with Crippen LogP contribution < -0.4 is 11.1 Å². The molecule has 1 aromatic carbocycles. The monoisotopic (exact) mass is 218 g/mol. The third-order valence-electron chi connectivity index (χ3n) is 3.55. The summed E-state index contributed by atoms with van der Waals surface area (Å²) < 4.78 is 0. The fourth-order valence-corrected chi connectivity index (χ4v) is 2.16. The first kappa shape index (κ1) is 11.6. The summed E-state index contributed by atoms with van der Waals surface area (Å²) in [5.74, 6) is 0.987. The maximum absolute atomic E-state index is 6.10. The second kappa shape index (κ2) is 6.02. The molecule has 1 saturated carbocycles. The van der Waals surface area contributed by atoms with Crippen LogP contribution in [0.15, 0.2) is 30.3 Å². The van der Waals surface area contributed by atoms with E-state index in [1.54, 1.807) is 0 Å². The molecule has 0 aromatic heterocycles. The predicted octanol–water partition coefficient (Wildman–Crippen LogP) is 2.47. The van der Waals surface area contributed by atoms with E-state index < -0.39 is 0 Å². The van der Waals surface area contributed by atoms with E-state index in [9.17, 15) is 0 Å². The minimum absolute atomic E-state index is 0.127. The number of nitrogens with one attached hydrogen (secondary N) is 1. The molecular weight excluding hydrogens is 196 g/mol. The van der Waals surface area contributed by atoms with Gasteiger partial charge in [0.2, 0.25) is 0 Å². The third-order valence-corrected chi connectivity index (χ3v) is 3.55. The van der Waals surface area contributed by atoms with E-state index in [1.807, 2.05) is 18.2 Å². The van der Waals surface area contributed by atoms with Gasteiger partial charge in [0.05, 0.1) is 0 Å². The zero-order valence-corrected chi connectivity index (χ0v) is 9.86. The number of hydrogen-bond donors (Lipinski definition) is 2. The van der Waals surface area contributed by atoms with Crippen LogP contribution in [0.5, 0.6) is 0 Å². The van der Waals surface area contributed by atoms with E-state index in [0.29, 0.717) is 0 Å². The van der Waals surface area contributed by atoms with Gasteiger partial charge in [-0.3, -0.25) is 0 Å². The van der Waals surface area contributed by atoms with Crippen molar-refractivity contribution < 1.29 is 0 Å². The van der Waals surface area contributed by atoms with Crippen LogP contribution in [0.4, 0.5) is 0 Å². The summed E-state index contributed by atoms with van der Waals surface area (Å²) in [6.07, 6.45) is 5.63. The van der Waals surface area contributed by atoms with Gasteiger partial charge in [-0.05, 0) is 24.4 Å². The van der Waals surface area contributed by atoms with Gasteiger partial charge in [0, 0.05) is 12.6 Å². The molecule has 0 amide bonds. The molecule has 0 aliphatic heterocycles. The Labute approximate surface area is 98.2 Å². The third kappa shape index (κ3) is 3.32. The Hall–Kier alpha value is -0.860. The Morgan fingerprint density at radius 2 is 2.00 bits per heavy atom. The SMILES string of the molecule is NC(CNCCC1CCC1)c1ccccc1. The number of benzene rings is 1. The Morgan fingerprint density at radius 1 is 1.25 bits per heavy atom. The van der Waals surface area contributed by atoms with Crippen LogP contribution in [0.25, 0.3) is 0 Å². The van der Waals surface area contributed by atoms with Gasteiger partial charge in [-0.1, -0.05) is 49.6 Å². The Bertz CT molecular complexity index is 293. The molecule has 0 heterocycles. The molecule has 0 radical (unpaired) electrons. The highest BCUT2D eigenvalue weighted by Gasteiger charge is 2.16. The molecule has 0 bridgehead atoms. The highest BCUT2D eigenvalue weighted by molar-refractivity contribution is 5.18. The van der Waals surface area contributed by atoms with Gasteiger partial charge >= 0.3 is 0 Å². The molecule has 1 aliphatic rings. The molecule has 2 nitrogen and oxygen atoms in total. The summed E-state index contributed by atoms with van der Waals surface area (Å²) in [5, 5.41) is 3.46. The molecule has 2 heteroatoms. The highest BCUT2D eigenvalue weighted by Crippen LogP contribution is 2.28. The Morgan fingerprint density at radius 3 is 2.62 bits per heavy atom.